The first kappa shape index (κ1) is 51.2. The van der Waals surface area contributed by atoms with Gasteiger partial charge >= 0.3 is 0 Å². The average Bonchev–Trinajstić information content (AvgIpc) is 3.29. The van der Waals surface area contributed by atoms with Crippen molar-refractivity contribution in [1.29, 1.82) is 0 Å². The minimum atomic E-state index is -0.344. The van der Waals surface area contributed by atoms with E-state index in [1.54, 1.807) is 12.1 Å². The molecule has 86 heavy (non-hydrogen) atoms. The van der Waals surface area contributed by atoms with E-state index in [0.29, 0.717) is 5.56 Å². The number of nitrogens with one attached hydrogen (secondary N) is 1. The third kappa shape index (κ3) is 9.24. The molecule has 408 valence electrons. The van der Waals surface area contributed by atoms with E-state index in [1.807, 2.05) is 103 Å². The van der Waals surface area contributed by atoms with Crippen LogP contribution in [0.2, 0.25) is 0 Å². The molecule has 0 aliphatic heterocycles. The zero-order valence-electron chi connectivity index (χ0n) is 46.4. The number of nitro benzene ring substituents is 1. The summed E-state index contributed by atoms with van der Waals surface area (Å²) in [6, 6.07) is 100. The molecule has 12 aromatic carbocycles. The summed E-state index contributed by atoms with van der Waals surface area (Å²) in [5, 5.41) is 14.0. The maximum atomic E-state index is 11.5. The Morgan fingerprint density at radius 2 is 0.826 bits per heavy atom. The van der Waals surface area contributed by atoms with Crippen LogP contribution in [0.15, 0.2) is 297 Å². The van der Waals surface area contributed by atoms with Crippen molar-refractivity contribution in [3.8, 4) is 73.5 Å². The molecule has 1 aliphatic rings. The quantitative estimate of drug-likeness (QED) is 0.120. The fourth-order valence-corrected chi connectivity index (χ4v) is 12.2. The summed E-state index contributed by atoms with van der Waals surface area (Å²) in [6.07, 6.45) is 0.954. The largest absolute Gasteiger partial charge is 0.354 e. The second-order valence-corrected chi connectivity index (χ2v) is 21.2. The van der Waals surface area contributed by atoms with Gasteiger partial charge in [0.1, 0.15) is 17.5 Å². The van der Waals surface area contributed by atoms with E-state index >= 15 is 0 Å². The molecule has 0 amide bonds. The lowest BCUT2D eigenvalue weighted by molar-refractivity contribution is -0.384. The molecule has 1 N–H and O–H groups in total. The zero-order chi connectivity index (χ0) is 57.5. The van der Waals surface area contributed by atoms with Crippen molar-refractivity contribution in [2.24, 2.45) is 0 Å². The van der Waals surface area contributed by atoms with Crippen LogP contribution >= 0.6 is 0 Å². The first-order valence-corrected chi connectivity index (χ1v) is 28.6. The topological polar surface area (TPSA) is 112 Å². The highest BCUT2D eigenvalue weighted by Gasteiger charge is 2.26. The summed E-state index contributed by atoms with van der Waals surface area (Å²) >= 11 is 0. The monoisotopic (exact) mass is 1110 g/mol. The zero-order valence-corrected chi connectivity index (χ0v) is 46.4. The van der Waals surface area contributed by atoms with E-state index < -0.39 is 0 Å². The number of nitrogens with zero attached hydrogens (tertiary/aromatic N) is 7. The fourth-order valence-electron chi connectivity index (χ4n) is 12.2. The van der Waals surface area contributed by atoms with Gasteiger partial charge in [-0.15, -0.1) is 0 Å². The SMILES string of the molecule is O=[N+]([O-])c1ccccc1-c1ccc2nc(-c3ccccc3)n(-c3ccccc3)c2c1.c1ccc(-c2nc3cc4[nH]c5ccccc5c4cc3n2-c2ccccc2)cc1.c1ccc(-c2nc3ccc4c(c3n2-c2ccccc2)Cc2ccccc2-4)cc1. The van der Waals surface area contributed by atoms with E-state index in [4.69, 9.17) is 15.0 Å². The number of benzene rings is 12. The van der Waals surface area contributed by atoms with Gasteiger partial charge < -0.3 is 4.98 Å². The van der Waals surface area contributed by atoms with E-state index in [1.165, 1.54) is 44.6 Å². The molecule has 4 heterocycles. The van der Waals surface area contributed by atoms with Crippen molar-refractivity contribution >= 4 is 60.6 Å². The Morgan fingerprint density at radius 3 is 1.43 bits per heavy atom. The highest BCUT2D eigenvalue weighted by Crippen LogP contribution is 2.43. The number of para-hydroxylation sites is 5. The Morgan fingerprint density at radius 1 is 0.360 bits per heavy atom. The van der Waals surface area contributed by atoms with E-state index in [2.05, 4.69) is 195 Å². The number of H-pyrrole nitrogens is 1. The minimum absolute atomic E-state index is 0.0888. The molecule has 0 unspecified atom stereocenters. The van der Waals surface area contributed by atoms with Crippen LogP contribution in [0.1, 0.15) is 11.1 Å². The number of aromatic amines is 1. The van der Waals surface area contributed by atoms with Crippen LogP contribution < -0.4 is 0 Å². The van der Waals surface area contributed by atoms with Crippen molar-refractivity contribution in [1.82, 2.24) is 33.6 Å². The second kappa shape index (κ2) is 21.9. The number of hydrogen-bond acceptors (Lipinski definition) is 5. The molecule has 0 saturated heterocycles. The van der Waals surface area contributed by atoms with Crippen LogP contribution in [0.5, 0.6) is 0 Å². The first-order chi connectivity index (χ1) is 42.5. The predicted molar refractivity (Wildman–Crippen MR) is 349 cm³/mol. The Balaban J connectivity index is 0.000000109. The van der Waals surface area contributed by atoms with Gasteiger partial charge in [-0.2, -0.15) is 0 Å². The van der Waals surface area contributed by atoms with Gasteiger partial charge in [0, 0.05) is 68.0 Å². The molecule has 1 aliphatic carbocycles. The van der Waals surface area contributed by atoms with Gasteiger partial charge in [-0.25, -0.2) is 15.0 Å². The van der Waals surface area contributed by atoms with Crippen molar-refractivity contribution in [3.63, 3.8) is 0 Å². The number of aromatic nitrogens is 7. The standard InChI is InChI=1S/C26H18N2.C25H17N3O2.C25H17N3/c1-3-9-18(10-4-1)26-27-24-16-15-22-21-14-8-7-11-19(21)17-23(22)25(24)28(26)20-12-5-2-6-13-20;29-28(30)23-14-8-7-13-21(23)19-15-16-22-24(17-19)27(20-11-5-2-6-12-20)25(26-22)18-9-3-1-4-10-18;1-3-9-17(10-4-1)25-27-23-16-22-20(19-13-7-8-14-21(19)26-22)15-24(23)28(25)18-11-5-2-6-12-18/h1-16H,17H2;1-17H;1-16,26H. The van der Waals surface area contributed by atoms with Gasteiger partial charge in [-0.1, -0.05) is 212 Å². The molecule has 0 spiro atoms. The smallest absolute Gasteiger partial charge is 0.277 e. The average molecular weight is 1110 g/mol. The lowest BCUT2D eigenvalue weighted by atomic mass is 10.0. The van der Waals surface area contributed by atoms with Crippen molar-refractivity contribution < 1.29 is 4.92 Å². The van der Waals surface area contributed by atoms with E-state index in [9.17, 15) is 10.1 Å². The number of imidazole rings is 3. The predicted octanol–water partition coefficient (Wildman–Crippen LogP) is 18.9. The van der Waals surface area contributed by atoms with E-state index in [0.717, 1.165) is 102 Å². The molecule has 0 bridgehead atoms. The molecule has 10 heteroatoms. The van der Waals surface area contributed by atoms with Gasteiger partial charge in [-0.3, -0.25) is 23.8 Å². The van der Waals surface area contributed by atoms with Crippen LogP contribution in [0.25, 0.3) is 128 Å². The molecule has 0 saturated carbocycles. The first-order valence-electron chi connectivity index (χ1n) is 28.6. The summed E-state index contributed by atoms with van der Waals surface area (Å²) in [6.45, 7) is 0. The molecular weight excluding hydrogens is 1060 g/mol. The fraction of sp³-hybridized carbons (Fsp3) is 0.0132. The summed E-state index contributed by atoms with van der Waals surface area (Å²) in [5.41, 5.74) is 21.8. The molecule has 0 radical (unpaired) electrons. The normalized spacial score (nSPS) is 11.5. The summed E-state index contributed by atoms with van der Waals surface area (Å²) in [7, 11) is 0. The lowest BCUT2D eigenvalue weighted by Crippen LogP contribution is -1.99. The van der Waals surface area contributed by atoms with E-state index in [-0.39, 0.29) is 10.6 Å². The molecule has 10 nitrogen and oxygen atoms in total. The van der Waals surface area contributed by atoms with Crippen molar-refractivity contribution in [2.75, 3.05) is 0 Å². The molecule has 16 aromatic rings. The third-order valence-corrected chi connectivity index (χ3v) is 16.1. The Kier molecular flexibility index (Phi) is 13.0. The molecular formula is C76H52N8O2. The number of fused-ring (bicyclic) bond motifs is 10. The molecule has 4 aromatic heterocycles. The Hall–Kier alpha value is -11.8. The third-order valence-electron chi connectivity index (χ3n) is 16.1. The van der Waals surface area contributed by atoms with Crippen LogP contribution in [-0.2, 0) is 6.42 Å². The van der Waals surface area contributed by atoms with Crippen LogP contribution in [0, 0.1) is 10.1 Å². The van der Waals surface area contributed by atoms with Gasteiger partial charge in [0.05, 0.1) is 43.6 Å². The van der Waals surface area contributed by atoms with Gasteiger partial charge in [0.15, 0.2) is 0 Å². The minimum Gasteiger partial charge on any atom is -0.354 e. The van der Waals surface area contributed by atoms with Crippen molar-refractivity contribution in [3.05, 3.63) is 318 Å². The van der Waals surface area contributed by atoms with Gasteiger partial charge in [-0.05, 0) is 107 Å². The second-order valence-electron chi connectivity index (χ2n) is 21.2. The number of rotatable bonds is 8. The molecule has 17 rings (SSSR count). The maximum absolute atomic E-state index is 11.5. The van der Waals surface area contributed by atoms with Crippen LogP contribution in [-0.4, -0.2) is 38.6 Å². The number of hydrogen-bond donors (Lipinski definition) is 1. The number of nitro groups is 1. The lowest BCUT2D eigenvalue weighted by Gasteiger charge is -2.12. The summed E-state index contributed by atoms with van der Waals surface area (Å²) < 4.78 is 6.68. The highest BCUT2D eigenvalue weighted by atomic mass is 16.6. The highest BCUT2D eigenvalue weighted by molar-refractivity contribution is 6.11. The van der Waals surface area contributed by atoms with Gasteiger partial charge in [0.2, 0.25) is 0 Å². The summed E-state index contributed by atoms with van der Waals surface area (Å²) in [5.74, 6) is 2.78. The van der Waals surface area contributed by atoms with Gasteiger partial charge in [0.25, 0.3) is 5.69 Å². The van der Waals surface area contributed by atoms with Crippen LogP contribution in [0.4, 0.5) is 5.69 Å². The maximum Gasteiger partial charge on any atom is 0.277 e. The van der Waals surface area contributed by atoms with Crippen molar-refractivity contribution in [2.45, 2.75) is 6.42 Å². The molecule has 0 fully saturated rings. The summed E-state index contributed by atoms with van der Waals surface area (Å²) in [4.78, 5) is 29.7. The van der Waals surface area contributed by atoms with Crippen LogP contribution in [0.3, 0.4) is 0 Å². The molecule has 0 atom stereocenters. The Labute approximate surface area is 495 Å². The Bertz CT molecular complexity index is 5150.